The molecule has 8 nitrogen and oxygen atoms in total. The van der Waals surface area contributed by atoms with Gasteiger partial charge in [0.1, 0.15) is 17.9 Å². The van der Waals surface area contributed by atoms with E-state index in [1.165, 1.54) is 12.3 Å². The molecule has 1 saturated heterocycles. The second-order valence-electron chi connectivity index (χ2n) is 9.67. The molecule has 0 amide bonds. The molecular formula is C24H28ClNO7. The van der Waals surface area contributed by atoms with E-state index < -0.39 is 16.8 Å². The summed E-state index contributed by atoms with van der Waals surface area (Å²) in [6, 6.07) is 4.67. The maximum Gasteiger partial charge on any atom is 0.341 e. The highest BCUT2D eigenvalue weighted by molar-refractivity contribution is 6.32. The molecule has 0 bridgehead atoms. The summed E-state index contributed by atoms with van der Waals surface area (Å²) in [5.41, 5.74) is 0.545. The number of hydrogen-bond acceptors (Lipinski definition) is 6. The number of aliphatic hydroxyl groups excluding tert-OH is 1. The number of carboxylic acid groups (broad SMARTS) is 1. The van der Waals surface area contributed by atoms with E-state index in [-0.39, 0.29) is 23.6 Å². The molecule has 2 N–H and O–H groups in total. The summed E-state index contributed by atoms with van der Waals surface area (Å²) in [7, 11) is 1.64. The number of fused-ring (bicyclic) bond motifs is 3. The van der Waals surface area contributed by atoms with E-state index in [0.717, 1.165) is 11.1 Å². The average molecular weight is 478 g/mol. The van der Waals surface area contributed by atoms with Gasteiger partial charge in [0.15, 0.2) is 5.43 Å². The van der Waals surface area contributed by atoms with Gasteiger partial charge in [0.25, 0.3) is 0 Å². The number of carboxylic acids is 1. The first-order valence-electron chi connectivity index (χ1n) is 10.7. The number of aliphatic hydroxyl groups is 1. The van der Waals surface area contributed by atoms with E-state index in [9.17, 15) is 19.8 Å². The Labute approximate surface area is 196 Å². The molecule has 1 atom stereocenters. The van der Waals surface area contributed by atoms with Crippen LogP contribution in [0, 0.1) is 10.8 Å². The molecule has 178 valence electrons. The van der Waals surface area contributed by atoms with Crippen LogP contribution >= 0.6 is 11.6 Å². The van der Waals surface area contributed by atoms with Crippen molar-refractivity contribution in [2.45, 2.75) is 26.3 Å². The number of rotatable bonds is 8. The van der Waals surface area contributed by atoms with Crippen LogP contribution in [0.2, 0.25) is 5.02 Å². The molecule has 2 aliphatic rings. The lowest BCUT2D eigenvalue weighted by Gasteiger charge is -2.41. The van der Waals surface area contributed by atoms with Crippen LogP contribution in [0.25, 0.3) is 11.3 Å². The lowest BCUT2D eigenvalue weighted by atomic mass is 9.78. The minimum absolute atomic E-state index is 0.114. The molecule has 0 saturated carbocycles. The standard InChI is InChI=1S/C24H28ClNO7/c1-23(2,9-27)21-5-14-4-20(33-13-24(10-31-3)11-32-12-24)17(25)6-15(14)18-7-19(28)16(22(29)30)8-26(18)21/h4,6-8,21,27H,5,9-13H2,1-3H3,(H,29,30)/t21-/m0/s1. The summed E-state index contributed by atoms with van der Waals surface area (Å²) in [4.78, 5) is 24.1. The molecule has 0 radical (unpaired) electrons. The summed E-state index contributed by atoms with van der Waals surface area (Å²) < 4.78 is 18.5. The number of aromatic carboxylic acids is 1. The van der Waals surface area contributed by atoms with Gasteiger partial charge in [-0.2, -0.15) is 0 Å². The monoisotopic (exact) mass is 477 g/mol. The Kier molecular flexibility index (Phi) is 6.30. The number of carbonyl (C=O) groups is 1. The summed E-state index contributed by atoms with van der Waals surface area (Å²) in [6.07, 6.45) is 1.88. The minimum Gasteiger partial charge on any atom is -0.491 e. The SMILES string of the molecule is COCC1(COc2cc3c(cc2Cl)-c2cc(=O)c(C(=O)O)cn2[C@H](C(C)(C)CO)C3)COC1. The topological polar surface area (TPSA) is 107 Å². The molecule has 0 unspecified atom stereocenters. The van der Waals surface area contributed by atoms with Gasteiger partial charge in [0, 0.05) is 36.4 Å². The largest absolute Gasteiger partial charge is 0.491 e. The molecule has 1 aromatic carbocycles. The first kappa shape index (κ1) is 23.8. The summed E-state index contributed by atoms with van der Waals surface area (Å²) in [6.45, 7) is 5.72. The van der Waals surface area contributed by atoms with Gasteiger partial charge in [-0.15, -0.1) is 0 Å². The Morgan fingerprint density at radius 1 is 1.30 bits per heavy atom. The predicted molar refractivity (Wildman–Crippen MR) is 122 cm³/mol. The highest BCUT2D eigenvalue weighted by atomic mass is 35.5. The Balaban J connectivity index is 1.77. The molecule has 33 heavy (non-hydrogen) atoms. The molecule has 1 aromatic heterocycles. The fraction of sp³-hybridized carbons (Fsp3) is 0.500. The summed E-state index contributed by atoms with van der Waals surface area (Å²) >= 11 is 6.56. The van der Waals surface area contributed by atoms with Gasteiger partial charge in [-0.1, -0.05) is 25.4 Å². The van der Waals surface area contributed by atoms with E-state index in [2.05, 4.69) is 0 Å². The van der Waals surface area contributed by atoms with Crippen LogP contribution in [0.3, 0.4) is 0 Å². The second-order valence-corrected chi connectivity index (χ2v) is 10.1. The Morgan fingerprint density at radius 3 is 2.61 bits per heavy atom. The quantitative estimate of drug-likeness (QED) is 0.601. The van der Waals surface area contributed by atoms with Crippen molar-refractivity contribution in [3.05, 3.63) is 50.8 Å². The lowest BCUT2D eigenvalue weighted by molar-refractivity contribution is -0.159. The van der Waals surface area contributed by atoms with Gasteiger partial charge < -0.3 is 29.0 Å². The van der Waals surface area contributed by atoms with Gasteiger partial charge in [-0.25, -0.2) is 4.79 Å². The molecule has 1 fully saturated rings. The van der Waals surface area contributed by atoms with E-state index in [4.69, 9.17) is 25.8 Å². The zero-order valence-electron chi connectivity index (χ0n) is 18.9. The number of hydrogen-bond donors (Lipinski definition) is 2. The van der Waals surface area contributed by atoms with Crippen LogP contribution in [0.5, 0.6) is 5.75 Å². The van der Waals surface area contributed by atoms with Gasteiger partial charge >= 0.3 is 5.97 Å². The van der Waals surface area contributed by atoms with Gasteiger partial charge in [0.2, 0.25) is 0 Å². The van der Waals surface area contributed by atoms with E-state index in [1.807, 2.05) is 19.9 Å². The van der Waals surface area contributed by atoms with E-state index in [0.29, 0.717) is 49.3 Å². The van der Waals surface area contributed by atoms with E-state index >= 15 is 0 Å². The van der Waals surface area contributed by atoms with Crippen molar-refractivity contribution in [1.82, 2.24) is 4.57 Å². The van der Waals surface area contributed by atoms with E-state index in [1.54, 1.807) is 17.7 Å². The normalized spacial score (nSPS) is 18.8. The number of benzene rings is 1. The molecule has 4 rings (SSSR count). The third kappa shape index (κ3) is 4.28. The number of methoxy groups -OCH3 is 1. The third-order valence-corrected chi connectivity index (χ3v) is 6.90. The molecular weight excluding hydrogens is 450 g/mol. The molecule has 2 aliphatic heterocycles. The zero-order valence-corrected chi connectivity index (χ0v) is 19.6. The Bertz CT molecular complexity index is 1140. The minimum atomic E-state index is -1.28. The fourth-order valence-corrected chi connectivity index (χ4v) is 4.72. The third-order valence-electron chi connectivity index (χ3n) is 6.60. The first-order chi connectivity index (χ1) is 15.6. The highest BCUT2D eigenvalue weighted by Gasteiger charge is 2.40. The van der Waals surface area contributed by atoms with Crippen molar-refractivity contribution in [2.24, 2.45) is 10.8 Å². The summed E-state index contributed by atoms with van der Waals surface area (Å²) in [5.74, 6) is -0.760. The highest BCUT2D eigenvalue weighted by Crippen LogP contribution is 2.45. The number of nitrogens with zero attached hydrogens (tertiary/aromatic N) is 1. The summed E-state index contributed by atoms with van der Waals surface area (Å²) in [5, 5.41) is 19.9. The molecule has 0 spiro atoms. The van der Waals surface area contributed by atoms with Crippen LogP contribution in [0.1, 0.15) is 35.8 Å². The van der Waals surface area contributed by atoms with Crippen molar-refractivity contribution >= 4 is 17.6 Å². The number of aromatic nitrogens is 1. The van der Waals surface area contributed by atoms with Crippen molar-refractivity contribution in [1.29, 1.82) is 0 Å². The first-order valence-corrected chi connectivity index (χ1v) is 11.1. The Hall–Kier alpha value is -2.39. The number of pyridine rings is 1. The predicted octanol–water partition coefficient (Wildman–Crippen LogP) is 3.02. The maximum atomic E-state index is 12.5. The van der Waals surface area contributed by atoms with Gasteiger partial charge in [-0.3, -0.25) is 4.79 Å². The van der Waals surface area contributed by atoms with Crippen LogP contribution in [0.4, 0.5) is 0 Å². The number of halogens is 1. The van der Waals surface area contributed by atoms with Gasteiger partial charge in [-0.05, 0) is 24.1 Å². The lowest BCUT2D eigenvalue weighted by Crippen LogP contribution is -2.50. The smallest absolute Gasteiger partial charge is 0.341 e. The Morgan fingerprint density at radius 2 is 2.03 bits per heavy atom. The molecule has 0 aliphatic carbocycles. The van der Waals surface area contributed by atoms with Crippen LogP contribution in [-0.4, -0.2) is 60.9 Å². The molecule has 9 heteroatoms. The van der Waals surface area contributed by atoms with Crippen molar-refractivity contribution in [2.75, 3.05) is 40.1 Å². The average Bonchev–Trinajstić information content (AvgIpc) is 2.74. The van der Waals surface area contributed by atoms with Crippen LogP contribution in [0.15, 0.2) is 29.2 Å². The van der Waals surface area contributed by atoms with Crippen molar-refractivity contribution < 1.29 is 29.2 Å². The zero-order chi connectivity index (χ0) is 24.0. The number of ether oxygens (including phenoxy) is 3. The van der Waals surface area contributed by atoms with Crippen molar-refractivity contribution in [3.63, 3.8) is 0 Å². The molecule has 2 aromatic rings. The van der Waals surface area contributed by atoms with Gasteiger partial charge in [0.05, 0.1) is 42.6 Å². The molecule has 3 heterocycles. The van der Waals surface area contributed by atoms with Crippen LogP contribution < -0.4 is 10.2 Å². The van der Waals surface area contributed by atoms with Crippen LogP contribution in [-0.2, 0) is 15.9 Å². The maximum absolute atomic E-state index is 12.5. The fourth-order valence-electron chi connectivity index (χ4n) is 4.50. The second kappa shape index (κ2) is 8.76. The van der Waals surface area contributed by atoms with Crippen molar-refractivity contribution in [3.8, 4) is 17.0 Å².